The van der Waals surface area contributed by atoms with Gasteiger partial charge in [0.2, 0.25) is 0 Å². The maximum Gasteiger partial charge on any atom is 0.270 e. The standard InChI is InChI=1S/C20H22FN3O/c21-16-1-3-17(4-2-16)24-12-22-11-18(24)19(25)23-20-8-13-5-14(9-20)7-15(6-13)10-20/h1-4,11-15H,5-10H2,(H,23,25). The quantitative estimate of drug-likeness (QED) is 0.927. The van der Waals surface area contributed by atoms with Gasteiger partial charge in [-0.15, -0.1) is 0 Å². The van der Waals surface area contributed by atoms with E-state index in [-0.39, 0.29) is 17.3 Å². The second kappa shape index (κ2) is 5.41. The summed E-state index contributed by atoms with van der Waals surface area (Å²) < 4.78 is 14.9. The number of halogens is 1. The van der Waals surface area contributed by atoms with Gasteiger partial charge in [-0.05, 0) is 80.5 Å². The fraction of sp³-hybridized carbons (Fsp3) is 0.500. The summed E-state index contributed by atoms with van der Waals surface area (Å²) in [4.78, 5) is 17.2. The number of amides is 1. The highest BCUT2D eigenvalue weighted by Gasteiger charge is 2.51. The summed E-state index contributed by atoms with van der Waals surface area (Å²) in [7, 11) is 0. The van der Waals surface area contributed by atoms with Crippen LogP contribution in [0, 0.1) is 23.6 Å². The molecule has 0 aliphatic heterocycles. The van der Waals surface area contributed by atoms with Crippen LogP contribution in [-0.4, -0.2) is 21.0 Å². The Hall–Kier alpha value is -2.17. The monoisotopic (exact) mass is 339 g/mol. The van der Waals surface area contributed by atoms with E-state index < -0.39 is 0 Å². The lowest BCUT2D eigenvalue weighted by atomic mass is 9.53. The van der Waals surface area contributed by atoms with E-state index >= 15 is 0 Å². The van der Waals surface area contributed by atoms with Gasteiger partial charge >= 0.3 is 0 Å². The van der Waals surface area contributed by atoms with Gasteiger partial charge in [-0.2, -0.15) is 0 Å². The number of imidazole rings is 1. The molecular weight excluding hydrogens is 317 g/mol. The van der Waals surface area contributed by atoms with E-state index in [4.69, 9.17) is 0 Å². The Morgan fingerprint density at radius 2 is 1.68 bits per heavy atom. The molecule has 2 aromatic rings. The molecule has 0 radical (unpaired) electrons. The van der Waals surface area contributed by atoms with Gasteiger partial charge in [0.05, 0.1) is 12.5 Å². The minimum absolute atomic E-state index is 0.0241. The molecular formula is C20H22FN3O. The molecule has 4 aliphatic rings. The van der Waals surface area contributed by atoms with E-state index in [9.17, 15) is 9.18 Å². The fourth-order valence-electron chi connectivity index (χ4n) is 5.84. The van der Waals surface area contributed by atoms with Crippen LogP contribution in [0.5, 0.6) is 0 Å². The van der Waals surface area contributed by atoms with Crippen LogP contribution in [0.25, 0.3) is 5.69 Å². The summed E-state index contributed by atoms with van der Waals surface area (Å²) in [6, 6.07) is 6.13. The van der Waals surface area contributed by atoms with E-state index in [2.05, 4.69) is 10.3 Å². The van der Waals surface area contributed by atoms with Crippen LogP contribution in [0.4, 0.5) is 4.39 Å². The van der Waals surface area contributed by atoms with Gasteiger partial charge in [0.1, 0.15) is 11.5 Å². The van der Waals surface area contributed by atoms with Crippen LogP contribution in [0.2, 0.25) is 0 Å². The van der Waals surface area contributed by atoms with Crippen molar-refractivity contribution in [2.75, 3.05) is 0 Å². The number of nitrogens with zero attached hydrogens (tertiary/aromatic N) is 2. The molecule has 1 heterocycles. The Bertz CT molecular complexity index is 775. The molecule has 0 spiro atoms. The summed E-state index contributed by atoms with van der Waals surface area (Å²) >= 11 is 0. The molecule has 0 unspecified atom stereocenters. The zero-order valence-corrected chi connectivity index (χ0v) is 14.1. The van der Waals surface area contributed by atoms with E-state index in [0.717, 1.165) is 42.7 Å². The molecule has 0 atom stereocenters. The van der Waals surface area contributed by atoms with Crippen LogP contribution >= 0.6 is 0 Å². The van der Waals surface area contributed by atoms with Gasteiger partial charge in [-0.25, -0.2) is 9.37 Å². The van der Waals surface area contributed by atoms with E-state index in [1.807, 2.05) is 0 Å². The van der Waals surface area contributed by atoms with E-state index in [1.165, 1.54) is 31.4 Å². The molecule has 1 amide bonds. The van der Waals surface area contributed by atoms with Crippen molar-refractivity contribution in [3.8, 4) is 5.69 Å². The number of benzene rings is 1. The number of rotatable bonds is 3. The number of hydrogen-bond acceptors (Lipinski definition) is 2. The lowest BCUT2D eigenvalue weighted by Gasteiger charge is -2.56. The molecule has 1 aromatic heterocycles. The maximum absolute atomic E-state index is 13.2. The minimum atomic E-state index is -0.288. The molecule has 4 nitrogen and oxygen atoms in total. The molecule has 4 aliphatic carbocycles. The first-order valence-electron chi connectivity index (χ1n) is 9.21. The van der Waals surface area contributed by atoms with Crippen LogP contribution < -0.4 is 5.32 Å². The van der Waals surface area contributed by atoms with Gasteiger partial charge in [0.15, 0.2) is 0 Å². The first-order chi connectivity index (χ1) is 12.1. The van der Waals surface area contributed by atoms with Crippen LogP contribution in [0.3, 0.4) is 0 Å². The first-order valence-corrected chi connectivity index (χ1v) is 9.21. The predicted molar refractivity (Wildman–Crippen MR) is 91.9 cm³/mol. The Morgan fingerprint density at radius 3 is 2.28 bits per heavy atom. The molecule has 130 valence electrons. The third kappa shape index (κ3) is 2.57. The predicted octanol–water partition coefficient (Wildman–Crippen LogP) is 3.71. The summed E-state index contributed by atoms with van der Waals surface area (Å²) in [5, 5.41) is 3.37. The lowest BCUT2D eigenvalue weighted by molar-refractivity contribution is -0.0168. The number of carbonyl (C=O) groups is 1. The molecule has 1 aromatic carbocycles. The maximum atomic E-state index is 13.2. The highest BCUT2D eigenvalue weighted by molar-refractivity contribution is 5.93. The SMILES string of the molecule is O=C(NC12CC3CC(CC(C3)C1)C2)c1cncn1-c1ccc(F)cc1. The smallest absolute Gasteiger partial charge is 0.270 e. The largest absolute Gasteiger partial charge is 0.345 e. The van der Waals surface area contributed by atoms with Crippen molar-refractivity contribution in [2.24, 2.45) is 17.8 Å². The molecule has 4 bridgehead atoms. The second-order valence-electron chi connectivity index (χ2n) is 8.28. The number of aromatic nitrogens is 2. The van der Waals surface area contributed by atoms with Crippen molar-refractivity contribution in [3.63, 3.8) is 0 Å². The van der Waals surface area contributed by atoms with Gasteiger partial charge in [-0.3, -0.25) is 9.36 Å². The summed E-state index contributed by atoms with van der Waals surface area (Å²) in [5.74, 6) is 2.00. The van der Waals surface area contributed by atoms with Crippen molar-refractivity contribution < 1.29 is 9.18 Å². The molecule has 25 heavy (non-hydrogen) atoms. The van der Waals surface area contributed by atoms with Crippen LogP contribution in [0.1, 0.15) is 49.0 Å². The summed E-state index contributed by atoms with van der Waals surface area (Å²) in [5.41, 5.74) is 1.24. The average Bonchev–Trinajstić information content (AvgIpc) is 3.03. The summed E-state index contributed by atoms with van der Waals surface area (Å²) in [6.45, 7) is 0. The number of hydrogen-bond donors (Lipinski definition) is 1. The van der Waals surface area contributed by atoms with Gasteiger partial charge in [0, 0.05) is 11.2 Å². The number of nitrogens with one attached hydrogen (secondary N) is 1. The van der Waals surface area contributed by atoms with Gasteiger partial charge in [-0.1, -0.05) is 0 Å². The fourth-order valence-corrected chi connectivity index (χ4v) is 5.84. The second-order valence-corrected chi connectivity index (χ2v) is 8.28. The molecule has 0 saturated heterocycles. The Balaban J connectivity index is 1.41. The van der Waals surface area contributed by atoms with Crippen molar-refractivity contribution in [2.45, 2.75) is 44.1 Å². The van der Waals surface area contributed by atoms with Crippen LogP contribution in [-0.2, 0) is 0 Å². The molecule has 1 N–H and O–H groups in total. The van der Waals surface area contributed by atoms with E-state index in [0.29, 0.717) is 5.69 Å². The lowest BCUT2D eigenvalue weighted by Crippen LogP contribution is -2.60. The van der Waals surface area contributed by atoms with Gasteiger partial charge < -0.3 is 5.32 Å². The third-order valence-corrected chi connectivity index (χ3v) is 6.39. The Morgan fingerprint density at radius 1 is 1.08 bits per heavy atom. The zero-order valence-electron chi connectivity index (χ0n) is 14.1. The van der Waals surface area contributed by atoms with Crippen molar-refractivity contribution >= 4 is 5.91 Å². The topological polar surface area (TPSA) is 46.9 Å². The average molecular weight is 339 g/mol. The summed E-state index contributed by atoms with van der Waals surface area (Å²) in [6.07, 6.45) is 10.6. The highest BCUT2D eigenvalue weighted by Crippen LogP contribution is 2.55. The zero-order chi connectivity index (χ0) is 17.0. The minimum Gasteiger partial charge on any atom is -0.345 e. The van der Waals surface area contributed by atoms with Crippen molar-refractivity contribution in [3.05, 3.63) is 48.3 Å². The molecule has 5 heteroatoms. The molecule has 4 saturated carbocycles. The Labute approximate surface area is 146 Å². The number of carbonyl (C=O) groups excluding carboxylic acids is 1. The van der Waals surface area contributed by atoms with Crippen molar-refractivity contribution in [1.29, 1.82) is 0 Å². The highest BCUT2D eigenvalue weighted by atomic mass is 19.1. The Kier molecular flexibility index (Phi) is 3.27. The van der Waals surface area contributed by atoms with Crippen molar-refractivity contribution in [1.82, 2.24) is 14.9 Å². The normalized spacial score (nSPS) is 32.8. The van der Waals surface area contributed by atoms with Gasteiger partial charge in [0.25, 0.3) is 5.91 Å². The molecule has 4 fully saturated rings. The molecule has 6 rings (SSSR count). The first kappa shape index (κ1) is 15.1. The van der Waals surface area contributed by atoms with Crippen LogP contribution in [0.15, 0.2) is 36.8 Å². The van der Waals surface area contributed by atoms with E-state index in [1.54, 1.807) is 29.2 Å². The third-order valence-electron chi connectivity index (χ3n) is 6.39.